The van der Waals surface area contributed by atoms with Crippen molar-refractivity contribution in [2.24, 2.45) is 5.73 Å². The van der Waals surface area contributed by atoms with Gasteiger partial charge < -0.3 is 5.73 Å². The first kappa shape index (κ1) is 14.2. The molecule has 1 aliphatic heterocycles. The standard InChI is InChI=1S/C14H20N2O2S/c1-12-7-10-16(11-8-12)19(17,18)14-4-2-13(3-5-14)6-9-15/h2-5,7H,6,8-11,15H2,1H3. The average molecular weight is 280 g/mol. The van der Waals surface area contributed by atoms with Gasteiger partial charge in [0.1, 0.15) is 0 Å². The van der Waals surface area contributed by atoms with Crippen LogP contribution in [0.3, 0.4) is 0 Å². The van der Waals surface area contributed by atoms with Gasteiger partial charge in [0.2, 0.25) is 10.0 Å². The van der Waals surface area contributed by atoms with Gasteiger partial charge in [-0.15, -0.1) is 0 Å². The van der Waals surface area contributed by atoms with Crippen molar-refractivity contribution < 1.29 is 8.42 Å². The predicted octanol–water partition coefficient (Wildman–Crippen LogP) is 1.53. The van der Waals surface area contributed by atoms with Crippen LogP contribution in [0.4, 0.5) is 0 Å². The van der Waals surface area contributed by atoms with E-state index in [9.17, 15) is 8.42 Å². The van der Waals surface area contributed by atoms with Gasteiger partial charge in [-0.3, -0.25) is 0 Å². The second-order valence-electron chi connectivity index (χ2n) is 4.85. The van der Waals surface area contributed by atoms with Crippen LogP contribution in [0.15, 0.2) is 40.8 Å². The number of rotatable bonds is 4. The van der Waals surface area contributed by atoms with E-state index in [0.717, 1.165) is 18.4 Å². The third-order valence-corrected chi connectivity index (χ3v) is 5.27. The van der Waals surface area contributed by atoms with Crippen LogP contribution in [0.1, 0.15) is 18.9 Å². The molecule has 2 N–H and O–H groups in total. The summed E-state index contributed by atoms with van der Waals surface area (Å²) in [6.45, 7) is 3.64. The van der Waals surface area contributed by atoms with Gasteiger partial charge in [0.15, 0.2) is 0 Å². The van der Waals surface area contributed by atoms with Crippen molar-refractivity contribution in [1.29, 1.82) is 0 Å². The molecule has 19 heavy (non-hydrogen) atoms. The van der Waals surface area contributed by atoms with Crippen LogP contribution in [-0.2, 0) is 16.4 Å². The second-order valence-corrected chi connectivity index (χ2v) is 6.78. The van der Waals surface area contributed by atoms with E-state index in [1.54, 1.807) is 12.1 Å². The van der Waals surface area contributed by atoms with Crippen LogP contribution in [0.2, 0.25) is 0 Å². The topological polar surface area (TPSA) is 63.4 Å². The van der Waals surface area contributed by atoms with Crippen molar-refractivity contribution in [3.8, 4) is 0 Å². The molecule has 1 aliphatic rings. The fraction of sp³-hybridized carbons (Fsp3) is 0.429. The van der Waals surface area contributed by atoms with E-state index in [-0.39, 0.29) is 0 Å². The Morgan fingerprint density at radius 3 is 2.47 bits per heavy atom. The van der Waals surface area contributed by atoms with Crippen molar-refractivity contribution >= 4 is 10.0 Å². The third kappa shape index (κ3) is 3.23. The molecule has 4 nitrogen and oxygen atoms in total. The Hall–Kier alpha value is -1.17. The molecule has 0 bridgehead atoms. The van der Waals surface area contributed by atoms with E-state index in [1.807, 2.05) is 25.1 Å². The van der Waals surface area contributed by atoms with E-state index in [0.29, 0.717) is 24.5 Å². The number of nitrogens with two attached hydrogens (primary N) is 1. The Labute approximate surface area is 115 Å². The third-order valence-electron chi connectivity index (χ3n) is 3.39. The van der Waals surface area contributed by atoms with E-state index < -0.39 is 10.0 Å². The van der Waals surface area contributed by atoms with Crippen molar-refractivity contribution in [1.82, 2.24) is 4.31 Å². The first-order valence-corrected chi connectivity index (χ1v) is 7.93. The molecule has 2 rings (SSSR count). The van der Waals surface area contributed by atoms with Crippen molar-refractivity contribution in [2.75, 3.05) is 19.6 Å². The Morgan fingerprint density at radius 2 is 1.95 bits per heavy atom. The minimum Gasteiger partial charge on any atom is -0.330 e. The molecule has 0 atom stereocenters. The smallest absolute Gasteiger partial charge is 0.243 e. The number of benzene rings is 1. The van der Waals surface area contributed by atoms with Gasteiger partial charge in [-0.1, -0.05) is 23.8 Å². The lowest BCUT2D eigenvalue weighted by molar-refractivity contribution is 0.431. The van der Waals surface area contributed by atoms with Crippen LogP contribution in [0, 0.1) is 0 Å². The van der Waals surface area contributed by atoms with Gasteiger partial charge >= 0.3 is 0 Å². The quantitative estimate of drug-likeness (QED) is 0.851. The van der Waals surface area contributed by atoms with E-state index in [1.165, 1.54) is 9.88 Å². The summed E-state index contributed by atoms with van der Waals surface area (Å²) in [5, 5.41) is 0. The minimum absolute atomic E-state index is 0.362. The number of nitrogens with zero attached hydrogens (tertiary/aromatic N) is 1. The normalized spacial score (nSPS) is 17.3. The number of hydrogen-bond acceptors (Lipinski definition) is 3. The predicted molar refractivity (Wildman–Crippen MR) is 76.3 cm³/mol. The van der Waals surface area contributed by atoms with Gasteiger partial charge in [-0.2, -0.15) is 4.31 Å². The number of sulfonamides is 1. The maximum atomic E-state index is 12.4. The molecule has 0 aliphatic carbocycles. The SMILES string of the molecule is CC1=CCN(S(=O)(=O)c2ccc(CCN)cc2)CC1. The Morgan fingerprint density at radius 1 is 1.26 bits per heavy atom. The molecule has 104 valence electrons. The summed E-state index contributed by atoms with van der Waals surface area (Å²) in [5.41, 5.74) is 7.80. The Balaban J connectivity index is 2.20. The van der Waals surface area contributed by atoms with Crippen LogP contribution in [-0.4, -0.2) is 32.4 Å². The molecule has 0 aromatic heterocycles. The van der Waals surface area contributed by atoms with E-state index in [2.05, 4.69) is 0 Å². The summed E-state index contributed by atoms with van der Waals surface area (Å²) < 4.78 is 26.4. The highest BCUT2D eigenvalue weighted by Gasteiger charge is 2.25. The maximum Gasteiger partial charge on any atom is 0.243 e. The molecule has 1 aromatic carbocycles. The zero-order valence-corrected chi connectivity index (χ0v) is 12.0. The summed E-state index contributed by atoms with van der Waals surface area (Å²) in [7, 11) is -3.36. The summed E-state index contributed by atoms with van der Waals surface area (Å²) in [5.74, 6) is 0. The molecule has 5 heteroatoms. The lowest BCUT2D eigenvalue weighted by Gasteiger charge is -2.24. The second kappa shape index (κ2) is 5.86. The van der Waals surface area contributed by atoms with E-state index >= 15 is 0 Å². The molecule has 0 unspecified atom stereocenters. The van der Waals surface area contributed by atoms with Gasteiger partial charge in [-0.25, -0.2) is 8.42 Å². The zero-order chi connectivity index (χ0) is 13.9. The molecule has 0 radical (unpaired) electrons. The maximum absolute atomic E-state index is 12.4. The highest BCUT2D eigenvalue weighted by atomic mass is 32.2. The van der Waals surface area contributed by atoms with Crippen LogP contribution >= 0.6 is 0 Å². The highest BCUT2D eigenvalue weighted by Crippen LogP contribution is 2.20. The Kier molecular flexibility index (Phi) is 4.39. The van der Waals surface area contributed by atoms with Crippen molar-refractivity contribution in [3.05, 3.63) is 41.5 Å². The molecule has 0 spiro atoms. The van der Waals surface area contributed by atoms with Gasteiger partial charge in [0.05, 0.1) is 4.90 Å². The largest absolute Gasteiger partial charge is 0.330 e. The highest BCUT2D eigenvalue weighted by molar-refractivity contribution is 7.89. The van der Waals surface area contributed by atoms with Gasteiger partial charge in [-0.05, 0) is 44.0 Å². The summed E-state index contributed by atoms with van der Waals surface area (Å²) in [6.07, 6.45) is 3.56. The molecule has 0 saturated carbocycles. The molecular weight excluding hydrogens is 260 g/mol. The summed E-state index contributed by atoms with van der Waals surface area (Å²) in [6, 6.07) is 7.02. The van der Waals surface area contributed by atoms with Crippen LogP contribution in [0.25, 0.3) is 0 Å². The van der Waals surface area contributed by atoms with Gasteiger partial charge in [0, 0.05) is 13.1 Å². The molecule has 1 heterocycles. The minimum atomic E-state index is -3.36. The fourth-order valence-corrected chi connectivity index (χ4v) is 3.49. The molecular formula is C14H20N2O2S. The summed E-state index contributed by atoms with van der Waals surface area (Å²) >= 11 is 0. The van der Waals surface area contributed by atoms with E-state index in [4.69, 9.17) is 5.73 Å². The van der Waals surface area contributed by atoms with Gasteiger partial charge in [0.25, 0.3) is 0 Å². The first-order chi connectivity index (χ1) is 9.04. The number of hydrogen-bond donors (Lipinski definition) is 1. The Bertz CT molecular complexity index is 562. The van der Waals surface area contributed by atoms with Crippen molar-refractivity contribution in [3.63, 3.8) is 0 Å². The molecule has 0 fully saturated rings. The van der Waals surface area contributed by atoms with Crippen LogP contribution in [0.5, 0.6) is 0 Å². The van der Waals surface area contributed by atoms with Crippen LogP contribution < -0.4 is 5.73 Å². The molecule has 1 aromatic rings. The first-order valence-electron chi connectivity index (χ1n) is 6.49. The lowest BCUT2D eigenvalue weighted by Crippen LogP contribution is -2.34. The van der Waals surface area contributed by atoms with Crippen molar-refractivity contribution in [2.45, 2.75) is 24.7 Å². The zero-order valence-electron chi connectivity index (χ0n) is 11.2. The average Bonchev–Trinajstić information content (AvgIpc) is 2.40. The molecule has 0 saturated heterocycles. The fourth-order valence-electron chi connectivity index (χ4n) is 2.11. The molecule has 0 amide bonds. The summed E-state index contributed by atoms with van der Waals surface area (Å²) in [4.78, 5) is 0.362. The monoisotopic (exact) mass is 280 g/mol. The lowest BCUT2D eigenvalue weighted by atomic mass is 10.1.